The summed E-state index contributed by atoms with van der Waals surface area (Å²) < 4.78 is 23.8. The van der Waals surface area contributed by atoms with Crippen molar-refractivity contribution in [1.29, 1.82) is 0 Å². The van der Waals surface area contributed by atoms with Gasteiger partial charge in [0.25, 0.3) is 5.78 Å². The van der Waals surface area contributed by atoms with E-state index in [0.29, 0.717) is 17.0 Å². The van der Waals surface area contributed by atoms with Gasteiger partial charge >= 0.3 is 11.9 Å². The van der Waals surface area contributed by atoms with E-state index in [-0.39, 0.29) is 27.8 Å². The standard InChI is InChI=1S/C26H21FN2O6S/c1-4-13-35-18-11-7-15(8-12-18)20-19(21(30)16-5-9-17(27)10-6-16)22(31)24(32)29(20)26-28-14(2)23(36-26)25(33)34-3/h4-12,20,30H,1,13H2,2-3H3/b21-19+. The van der Waals surface area contributed by atoms with E-state index in [2.05, 4.69) is 11.6 Å². The van der Waals surface area contributed by atoms with Crippen molar-refractivity contribution >= 4 is 39.9 Å². The third-order valence-electron chi connectivity index (χ3n) is 5.49. The number of halogens is 1. The largest absolute Gasteiger partial charge is 0.507 e. The minimum Gasteiger partial charge on any atom is -0.507 e. The van der Waals surface area contributed by atoms with Gasteiger partial charge in [-0.1, -0.05) is 36.1 Å². The molecule has 4 rings (SSSR count). The van der Waals surface area contributed by atoms with Crippen molar-refractivity contribution < 1.29 is 33.4 Å². The highest BCUT2D eigenvalue weighted by Gasteiger charge is 2.48. The van der Waals surface area contributed by atoms with E-state index in [0.717, 1.165) is 28.4 Å². The van der Waals surface area contributed by atoms with Crippen molar-refractivity contribution in [2.45, 2.75) is 13.0 Å². The zero-order valence-electron chi connectivity index (χ0n) is 19.4. The van der Waals surface area contributed by atoms with Gasteiger partial charge in [0.1, 0.15) is 28.8 Å². The van der Waals surface area contributed by atoms with Crippen LogP contribution in [0.4, 0.5) is 9.52 Å². The van der Waals surface area contributed by atoms with Crippen LogP contribution in [0.1, 0.15) is 32.5 Å². The number of hydrogen-bond acceptors (Lipinski definition) is 8. The average molecular weight is 509 g/mol. The number of carbonyl (C=O) groups excluding carboxylic acids is 3. The molecule has 1 aromatic heterocycles. The molecule has 1 fully saturated rings. The van der Waals surface area contributed by atoms with E-state index < -0.39 is 35.3 Å². The van der Waals surface area contributed by atoms with E-state index in [4.69, 9.17) is 9.47 Å². The molecule has 1 unspecified atom stereocenters. The molecule has 1 saturated heterocycles. The maximum atomic E-state index is 13.5. The predicted octanol–water partition coefficient (Wildman–Crippen LogP) is 4.57. The van der Waals surface area contributed by atoms with Gasteiger partial charge in [0.2, 0.25) is 0 Å². The lowest BCUT2D eigenvalue weighted by molar-refractivity contribution is -0.132. The molecule has 2 heterocycles. The maximum absolute atomic E-state index is 13.5. The highest BCUT2D eigenvalue weighted by Crippen LogP contribution is 2.44. The number of Topliss-reactive ketones (excluding diaryl/α,β-unsaturated/α-hetero) is 1. The SMILES string of the molecule is C=CCOc1ccc(C2/C(=C(\O)c3ccc(F)cc3)C(=O)C(=O)N2c2nc(C)c(C(=O)OC)s2)cc1. The Kier molecular flexibility index (Phi) is 6.98. The minimum absolute atomic E-state index is 0.0881. The van der Waals surface area contributed by atoms with Crippen LogP contribution in [0.15, 0.2) is 66.8 Å². The molecule has 0 saturated carbocycles. The number of rotatable bonds is 7. The Bertz CT molecular complexity index is 1380. The molecule has 1 amide bonds. The molecule has 10 heteroatoms. The summed E-state index contributed by atoms with van der Waals surface area (Å²) >= 11 is 0.897. The number of hydrogen-bond donors (Lipinski definition) is 1. The first-order chi connectivity index (χ1) is 17.3. The molecular weight excluding hydrogens is 487 g/mol. The maximum Gasteiger partial charge on any atom is 0.350 e. The molecule has 8 nitrogen and oxygen atoms in total. The summed E-state index contributed by atoms with van der Waals surface area (Å²) in [7, 11) is 1.23. The highest BCUT2D eigenvalue weighted by atomic mass is 32.1. The third-order valence-corrected chi connectivity index (χ3v) is 6.62. The number of thiazole rings is 1. The summed E-state index contributed by atoms with van der Waals surface area (Å²) in [6.45, 7) is 5.48. The van der Waals surface area contributed by atoms with Gasteiger partial charge in [-0.25, -0.2) is 14.2 Å². The lowest BCUT2D eigenvalue weighted by Gasteiger charge is -2.23. The Morgan fingerprint density at radius 3 is 2.47 bits per heavy atom. The lowest BCUT2D eigenvalue weighted by Crippen LogP contribution is -2.29. The summed E-state index contributed by atoms with van der Waals surface area (Å²) in [4.78, 5) is 44.3. The van der Waals surface area contributed by atoms with Crippen molar-refractivity contribution in [3.8, 4) is 5.75 Å². The van der Waals surface area contributed by atoms with Crippen LogP contribution in [0.5, 0.6) is 5.75 Å². The van der Waals surface area contributed by atoms with Crippen LogP contribution in [0.25, 0.3) is 5.76 Å². The third kappa shape index (κ3) is 4.50. The molecule has 0 bridgehead atoms. The van der Waals surface area contributed by atoms with Gasteiger partial charge in [-0.15, -0.1) is 0 Å². The Morgan fingerprint density at radius 1 is 1.19 bits per heavy atom. The monoisotopic (exact) mass is 508 g/mol. The average Bonchev–Trinajstić information content (AvgIpc) is 3.39. The molecule has 36 heavy (non-hydrogen) atoms. The number of aromatic nitrogens is 1. The minimum atomic E-state index is -1.07. The molecule has 1 aliphatic heterocycles. The van der Waals surface area contributed by atoms with E-state index >= 15 is 0 Å². The summed E-state index contributed by atoms with van der Waals surface area (Å²) in [5.74, 6) is -2.95. The Hall–Kier alpha value is -4.31. The van der Waals surface area contributed by atoms with Gasteiger partial charge in [0.15, 0.2) is 5.13 Å². The number of ketones is 1. The van der Waals surface area contributed by atoms with Gasteiger partial charge < -0.3 is 14.6 Å². The number of nitrogens with zero attached hydrogens (tertiary/aromatic N) is 2. The zero-order chi connectivity index (χ0) is 26.0. The second kappa shape index (κ2) is 10.1. The van der Waals surface area contributed by atoms with Gasteiger partial charge in [0, 0.05) is 5.56 Å². The molecule has 3 aromatic rings. The number of aliphatic hydroxyl groups is 1. The molecular formula is C26H21FN2O6S. The van der Waals surface area contributed by atoms with Gasteiger partial charge in [-0.3, -0.25) is 14.5 Å². The van der Waals surface area contributed by atoms with Gasteiger partial charge in [-0.05, 0) is 48.9 Å². The molecule has 0 radical (unpaired) electrons. The van der Waals surface area contributed by atoms with Crippen LogP contribution in [0.3, 0.4) is 0 Å². The fraction of sp³-hybridized carbons (Fsp3) is 0.154. The number of anilines is 1. The van der Waals surface area contributed by atoms with Crippen LogP contribution in [0.2, 0.25) is 0 Å². The molecule has 1 atom stereocenters. The first kappa shape index (κ1) is 24.8. The van der Waals surface area contributed by atoms with E-state index in [1.807, 2.05) is 0 Å². The molecule has 2 aromatic carbocycles. The molecule has 184 valence electrons. The number of aryl methyl sites for hydroxylation is 1. The fourth-order valence-electron chi connectivity index (χ4n) is 3.78. The smallest absolute Gasteiger partial charge is 0.350 e. The van der Waals surface area contributed by atoms with Crippen molar-refractivity contribution in [2.75, 3.05) is 18.6 Å². The summed E-state index contributed by atoms with van der Waals surface area (Å²) in [5, 5.41) is 11.2. The number of carbonyl (C=O) groups is 3. The number of aliphatic hydroxyl groups excluding tert-OH is 1. The van der Waals surface area contributed by atoms with E-state index in [1.165, 1.54) is 19.2 Å². The fourth-order valence-corrected chi connectivity index (χ4v) is 4.79. The van der Waals surface area contributed by atoms with Crippen molar-refractivity contribution in [2.24, 2.45) is 0 Å². The molecule has 0 spiro atoms. The number of ether oxygens (including phenoxy) is 2. The molecule has 0 aliphatic carbocycles. The highest BCUT2D eigenvalue weighted by molar-refractivity contribution is 7.17. The number of methoxy groups -OCH3 is 1. The van der Waals surface area contributed by atoms with E-state index in [9.17, 15) is 23.9 Å². The Labute approximate surface area is 209 Å². The second-order valence-corrected chi connectivity index (χ2v) is 8.72. The van der Waals surface area contributed by atoms with Crippen molar-refractivity contribution in [3.63, 3.8) is 0 Å². The number of esters is 1. The van der Waals surface area contributed by atoms with Gasteiger partial charge in [0.05, 0.1) is 24.4 Å². The Morgan fingerprint density at radius 2 is 1.86 bits per heavy atom. The van der Waals surface area contributed by atoms with Crippen LogP contribution in [0, 0.1) is 12.7 Å². The van der Waals surface area contributed by atoms with Crippen LogP contribution in [-0.2, 0) is 14.3 Å². The lowest BCUT2D eigenvalue weighted by atomic mass is 9.95. The first-order valence-electron chi connectivity index (χ1n) is 10.7. The number of amides is 1. The Balaban J connectivity index is 1.88. The summed E-state index contributed by atoms with van der Waals surface area (Å²) in [5.41, 5.74) is 0.778. The van der Waals surface area contributed by atoms with Crippen molar-refractivity contribution in [3.05, 3.63) is 94.3 Å². The molecule has 1 N–H and O–H groups in total. The van der Waals surface area contributed by atoms with E-state index in [1.54, 1.807) is 37.3 Å². The van der Waals surface area contributed by atoms with Crippen molar-refractivity contribution in [1.82, 2.24) is 4.98 Å². The topological polar surface area (TPSA) is 106 Å². The van der Waals surface area contributed by atoms with Crippen LogP contribution in [-0.4, -0.2) is 41.5 Å². The summed E-state index contributed by atoms with van der Waals surface area (Å²) in [6, 6.07) is 10.4. The number of benzene rings is 2. The normalized spacial score (nSPS) is 16.8. The molecule has 1 aliphatic rings. The van der Waals surface area contributed by atoms with Crippen LogP contribution < -0.4 is 9.64 Å². The predicted molar refractivity (Wildman–Crippen MR) is 132 cm³/mol. The first-order valence-corrected chi connectivity index (χ1v) is 11.5. The zero-order valence-corrected chi connectivity index (χ0v) is 20.2. The second-order valence-electron chi connectivity index (χ2n) is 7.75. The quantitative estimate of drug-likeness (QED) is 0.164. The summed E-state index contributed by atoms with van der Waals surface area (Å²) in [6.07, 6.45) is 1.59. The van der Waals surface area contributed by atoms with Gasteiger partial charge in [-0.2, -0.15) is 0 Å². The van der Waals surface area contributed by atoms with Crippen LogP contribution >= 0.6 is 11.3 Å².